The van der Waals surface area contributed by atoms with E-state index in [9.17, 15) is 18.0 Å². The smallest absolute Gasteiger partial charge is 0.244 e. The largest absolute Gasteiger partial charge is 0.497 e. The topological polar surface area (TPSA) is 96.0 Å². The van der Waals surface area contributed by atoms with Gasteiger partial charge >= 0.3 is 0 Å². The summed E-state index contributed by atoms with van der Waals surface area (Å²) in [5, 5.41) is 3.11. The summed E-state index contributed by atoms with van der Waals surface area (Å²) in [5.41, 5.74) is 2.27. The highest BCUT2D eigenvalue weighted by Gasteiger charge is 2.33. The summed E-state index contributed by atoms with van der Waals surface area (Å²) in [6.07, 6.45) is 6.33. The van der Waals surface area contributed by atoms with E-state index < -0.39 is 28.5 Å². The molecule has 8 nitrogen and oxygen atoms in total. The van der Waals surface area contributed by atoms with Crippen LogP contribution in [0.15, 0.2) is 48.5 Å². The van der Waals surface area contributed by atoms with E-state index >= 15 is 0 Å². The SMILES string of the molecule is CCc1ccc(N(CC(=O)N(Cc2cccc(OC)c2)C(CC)C(=O)NC2CCCC2)S(C)(=O)=O)cc1. The Hall–Kier alpha value is -3.07. The minimum atomic E-state index is -3.76. The Morgan fingerprint density at radius 3 is 2.30 bits per heavy atom. The van der Waals surface area contributed by atoms with Gasteiger partial charge in [-0.2, -0.15) is 0 Å². The number of sulfonamides is 1. The number of benzene rings is 2. The molecule has 9 heteroatoms. The third-order valence-corrected chi connectivity index (χ3v) is 8.03. The van der Waals surface area contributed by atoms with E-state index in [1.165, 1.54) is 4.90 Å². The van der Waals surface area contributed by atoms with Gasteiger partial charge in [-0.1, -0.05) is 51.0 Å². The molecule has 0 heterocycles. The van der Waals surface area contributed by atoms with Crippen LogP contribution in [0.2, 0.25) is 0 Å². The second kappa shape index (κ2) is 12.9. The number of anilines is 1. The lowest BCUT2D eigenvalue weighted by Crippen LogP contribution is -2.53. The van der Waals surface area contributed by atoms with E-state index in [4.69, 9.17) is 4.74 Å². The lowest BCUT2D eigenvalue weighted by atomic mass is 10.1. The lowest BCUT2D eigenvalue weighted by Gasteiger charge is -2.33. The van der Waals surface area contributed by atoms with Gasteiger partial charge in [0.25, 0.3) is 0 Å². The Bertz CT molecular complexity index is 1160. The number of ether oxygens (including phenoxy) is 1. The van der Waals surface area contributed by atoms with E-state index in [-0.39, 0.29) is 18.5 Å². The molecule has 0 aromatic heterocycles. The van der Waals surface area contributed by atoms with Crippen molar-refractivity contribution in [2.45, 2.75) is 71.0 Å². The van der Waals surface area contributed by atoms with E-state index in [1.54, 1.807) is 19.2 Å². The third-order valence-electron chi connectivity index (χ3n) is 6.89. The van der Waals surface area contributed by atoms with Crippen molar-refractivity contribution in [3.63, 3.8) is 0 Å². The molecule has 1 fully saturated rings. The number of carbonyl (C=O) groups is 2. The molecule has 1 aliphatic rings. The second-order valence-corrected chi connectivity index (χ2v) is 11.5. The maximum Gasteiger partial charge on any atom is 0.244 e. The van der Waals surface area contributed by atoms with Gasteiger partial charge in [0.1, 0.15) is 18.3 Å². The van der Waals surface area contributed by atoms with Crippen LogP contribution < -0.4 is 14.4 Å². The highest BCUT2D eigenvalue weighted by Crippen LogP contribution is 2.23. The minimum Gasteiger partial charge on any atom is -0.497 e. The number of carbonyl (C=O) groups excluding carboxylic acids is 2. The van der Waals surface area contributed by atoms with Crippen molar-refractivity contribution < 1.29 is 22.7 Å². The van der Waals surface area contributed by atoms with E-state index in [0.29, 0.717) is 17.9 Å². The number of nitrogens with zero attached hydrogens (tertiary/aromatic N) is 2. The van der Waals surface area contributed by atoms with Crippen LogP contribution in [0.3, 0.4) is 0 Å². The first kappa shape index (κ1) is 28.5. The predicted octanol–water partition coefficient (Wildman–Crippen LogP) is 3.89. The molecule has 0 saturated heterocycles. The normalized spacial score (nSPS) is 14.7. The van der Waals surface area contributed by atoms with Crippen molar-refractivity contribution in [1.29, 1.82) is 0 Å². The number of methoxy groups -OCH3 is 1. The molecule has 1 atom stereocenters. The summed E-state index contributed by atoms with van der Waals surface area (Å²) in [7, 11) is -2.19. The Morgan fingerprint density at radius 2 is 1.73 bits per heavy atom. The Balaban J connectivity index is 1.92. The number of hydrogen-bond donors (Lipinski definition) is 1. The molecule has 1 N–H and O–H groups in total. The number of hydrogen-bond acceptors (Lipinski definition) is 5. The van der Waals surface area contributed by atoms with Gasteiger partial charge in [-0.15, -0.1) is 0 Å². The molecular weight excluding hydrogens is 490 g/mol. The van der Waals surface area contributed by atoms with E-state index in [2.05, 4.69) is 5.32 Å². The van der Waals surface area contributed by atoms with Crippen molar-refractivity contribution in [3.05, 3.63) is 59.7 Å². The van der Waals surface area contributed by atoms with Crippen molar-refractivity contribution in [1.82, 2.24) is 10.2 Å². The van der Waals surface area contributed by atoms with Gasteiger partial charge in [-0.05, 0) is 61.1 Å². The third kappa shape index (κ3) is 7.71. The summed E-state index contributed by atoms with van der Waals surface area (Å²) in [6, 6.07) is 13.8. The molecule has 3 rings (SSSR count). The average Bonchev–Trinajstić information content (AvgIpc) is 3.39. The summed E-state index contributed by atoms with van der Waals surface area (Å²) in [6.45, 7) is 3.63. The first-order valence-corrected chi connectivity index (χ1v) is 14.8. The van der Waals surface area contributed by atoms with Crippen LogP contribution >= 0.6 is 0 Å². The van der Waals surface area contributed by atoms with Crippen molar-refractivity contribution >= 4 is 27.5 Å². The zero-order valence-electron chi connectivity index (χ0n) is 22.3. The fraction of sp³-hybridized carbons (Fsp3) is 0.500. The molecule has 0 spiro atoms. The molecule has 2 aromatic carbocycles. The molecule has 0 aliphatic heterocycles. The van der Waals surface area contributed by atoms with Crippen molar-refractivity contribution in [2.75, 3.05) is 24.2 Å². The van der Waals surface area contributed by atoms with Crippen LogP contribution in [0.1, 0.15) is 57.1 Å². The van der Waals surface area contributed by atoms with Gasteiger partial charge in [0.2, 0.25) is 21.8 Å². The fourth-order valence-electron chi connectivity index (χ4n) is 4.77. The van der Waals surface area contributed by atoms with Gasteiger partial charge in [0.15, 0.2) is 0 Å². The number of aryl methyl sites for hydroxylation is 1. The molecule has 1 saturated carbocycles. The van der Waals surface area contributed by atoms with Crippen LogP contribution in [0.25, 0.3) is 0 Å². The first-order chi connectivity index (χ1) is 17.7. The van der Waals surface area contributed by atoms with Crippen molar-refractivity contribution in [3.8, 4) is 5.75 Å². The molecule has 0 bridgehead atoms. The summed E-state index contributed by atoms with van der Waals surface area (Å²) >= 11 is 0. The highest BCUT2D eigenvalue weighted by atomic mass is 32.2. The molecule has 2 aromatic rings. The standard InChI is InChI=1S/C28H39N3O5S/c1-5-21-14-16-24(17-15-21)31(37(4,34)35)20-27(32)30(19-22-10-9-13-25(18-22)36-3)26(6-2)28(33)29-23-11-7-8-12-23/h9-10,13-18,23,26H,5-8,11-12,19-20H2,1-4H3,(H,29,33). The quantitative estimate of drug-likeness (QED) is 0.450. The fourth-order valence-corrected chi connectivity index (χ4v) is 5.62. The Morgan fingerprint density at radius 1 is 1.05 bits per heavy atom. The maximum absolute atomic E-state index is 13.8. The van der Waals surface area contributed by atoms with Gasteiger partial charge in [0, 0.05) is 12.6 Å². The van der Waals surface area contributed by atoms with E-state index in [0.717, 1.165) is 53.8 Å². The number of amides is 2. The Labute approximate surface area is 221 Å². The van der Waals surface area contributed by atoms with Crippen LogP contribution in [0.5, 0.6) is 5.75 Å². The zero-order chi connectivity index (χ0) is 27.0. The van der Waals surface area contributed by atoms with Gasteiger partial charge < -0.3 is 15.0 Å². The van der Waals surface area contributed by atoms with E-state index in [1.807, 2.05) is 50.2 Å². The first-order valence-electron chi connectivity index (χ1n) is 13.0. The summed E-state index contributed by atoms with van der Waals surface area (Å²) in [4.78, 5) is 28.7. The molecule has 202 valence electrons. The average molecular weight is 530 g/mol. The predicted molar refractivity (Wildman–Crippen MR) is 146 cm³/mol. The summed E-state index contributed by atoms with van der Waals surface area (Å²) in [5.74, 6) is -0.00721. The highest BCUT2D eigenvalue weighted by molar-refractivity contribution is 7.92. The Kier molecular flexibility index (Phi) is 9.97. The number of rotatable bonds is 12. The van der Waals surface area contributed by atoms with Crippen LogP contribution in [0.4, 0.5) is 5.69 Å². The van der Waals surface area contributed by atoms with Crippen LogP contribution in [-0.2, 0) is 32.6 Å². The lowest BCUT2D eigenvalue weighted by molar-refractivity contribution is -0.140. The molecule has 0 radical (unpaired) electrons. The number of nitrogens with one attached hydrogen (secondary N) is 1. The maximum atomic E-state index is 13.8. The van der Waals surface area contributed by atoms with Crippen LogP contribution in [-0.4, -0.2) is 57.1 Å². The molecule has 1 aliphatic carbocycles. The van der Waals surface area contributed by atoms with Gasteiger partial charge in [-0.3, -0.25) is 13.9 Å². The van der Waals surface area contributed by atoms with Gasteiger partial charge in [0.05, 0.1) is 19.1 Å². The minimum absolute atomic E-state index is 0.111. The molecular formula is C28H39N3O5S. The molecule has 37 heavy (non-hydrogen) atoms. The monoisotopic (exact) mass is 529 g/mol. The van der Waals surface area contributed by atoms with Crippen LogP contribution in [0, 0.1) is 0 Å². The second-order valence-electron chi connectivity index (χ2n) is 9.58. The summed E-state index contributed by atoms with van der Waals surface area (Å²) < 4.78 is 31.9. The van der Waals surface area contributed by atoms with Crippen molar-refractivity contribution in [2.24, 2.45) is 0 Å². The molecule has 1 unspecified atom stereocenters. The molecule has 2 amide bonds. The van der Waals surface area contributed by atoms with Gasteiger partial charge in [-0.25, -0.2) is 8.42 Å². The zero-order valence-corrected chi connectivity index (χ0v) is 23.1.